The minimum absolute atomic E-state index is 0.00773. The van der Waals surface area contributed by atoms with Crippen molar-refractivity contribution in [1.29, 1.82) is 0 Å². The molecule has 4 heteroatoms. The molecule has 3 rings (SSSR count). The molecule has 1 aromatic heterocycles. The molecule has 2 aromatic rings. The fourth-order valence-electron chi connectivity index (χ4n) is 2.96. The largest absolute Gasteiger partial charge is 0.325 e. The first-order chi connectivity index (χ1) is 10.2. The second-order valence-corrected chi connectivity index (χ2v) is 7.30. The van der Waals surface area contributed by atoms with Crippen LogP contribution >= 0.6 is 27.3 Å². The number of carbonyl (C=O) groups excluding carboxylic acids is 1. The van der Waals surface area contributed by atoms with Crippen LogP contribution < -0.4 is 5.32 Å². The molecule has 1 aliphatic rings. The predicted octanol–water partition coefficient (Wildman–Crippen LogP) is 5.13. The summed E-state index contributed by atoms with van der Waals surface area (Å²) in [5.41, 5.74) is 3.34. The van der Waals surface area contributed by atoms with Gasteiger partial charge in [0, 0.05) is 15.0 Å². The Morgan fingerprint density at radius 3 is 3.10 bits per heavy atom. The van der Waals surface area contributed by atoms with Gasteiger partial charge in [-0.1, -0.05) is 22.9 Å². The SMILES string of the molecule is CCc1cc(Br)ccc1NC(=O)C1CCCc2sccc21. The fourth-order valence-corrected chi connectivity index (χ4v) is 4.35. The van der Waals surface area contributed by atoms with Gasteiger partial charge in [-0.3, -0.25) is 4.79 Å². The highest BCUT2D eigenvalue weighted by atomic mass is 79.9. The first kappa shape index (κ1) is 14.8. The number of anilines is 1. The third-order valence-corrected chi connectivity index (χ3v) is 5.56. The summed E-state index contributed by atoms with van der Waals surface area (Å²) in [4.78, 5) is 14.0. The van der Waals surface area contributed by atoms with Crippen LogP contribution in [0.4, 0.5) is 5.69 Å². The van der Waals surface area contributed by atoms with E-state index in [-0.39, 0.29) is 11.8 Å². The van der Waals surface area contributed by atoms with E-state index in [2.05, 4.69) is 45.7 Å². The molecule has 0 bridgehead atoms. The van der Waals surface area contributed by atoms with Crippen molar-refractivity contribution in [2.75, 3.05) is 5.32 Å². The maximum Gasteiger partial charge on any atom is 0.231 e. The summed E-state index contributed by atoms with van der Waals surface area (Å²) in [6.45, 7) is 2.11. The van der Waals surface area contributed by atoms with Gasteiger partial charge in [0.05, 0.1) is 5.92 Å². The minimum atomic E-state index is 0.00773. The Hall–Kier alpha value is -1.13. The maximum atomic E-state index is 12.7. The van der Waals surface area contributed by atoms with Gasteiger partial charge in [-0.2, -0.15) is 0 Å². The van der Waals surface area contributed by atoms with Gasteiger partial charge in [-0.25, -0.2) is 0 Å². The molecule has 1 unspecified atom stereocenters. The van der Waals surface area contributed by atoms with E-state index < -0.39 is 0 Å². The highest BCUT2D eigenvalue weighted by Gasteiger charge is 2.27. The van der Waals surface area contributed by atoms with E-state index in [1.54, 1.807) is 11.3 Å². The van der Waals surface area contributed by atoms with Crippen molar-refractivity contribution < 1.29 is 4.79 Å². The van der Waals surface area contributed by atoms with Crippen molar-refractivity contribution in [1.82, 2.24) is 0 Å². The molecule has 1 atom stereocenters. The Balaban J connectivity index is 1.82. The Morgan fingerprint density at radius 2 is 2.29 bits per heavy atom. The maximum absolute atomic E-state index is 12.7. The standard InChI is InChI=1S/C17H18BrNOS/c1-2-11-10-12(18)6-7-15(11)19-17(20)14-4-3-5-16-13(14)8-9-21-16/h6-10,14H,2-5H2,1H3,(H,19,20). The van der Waals surface area contributed by atoms with Gasteiger partial charge in [-0.15, -0.1) is 11.3 Å². The zero-order valence-electron chi connectivity index (χ0n) is 12.0. The van der Waals surface area contributed by atoms with Crippen molar-refractivity contribution >= 4 is 38.9 Å². The van der Waals surface area contributed by atoms with Crippen molar-refractivity contribution in [3.05, 3.63) is 50.1 Å². The molecule has 0 radical (unpaired) electrons. The topological polar surface area (TPSA) is 29.1 Å². The number of rotatable bonds is 3. The molecule has 110 valence electrons. The van der Waals surface area contributed by atoms with E-state index in [0.29, 0.717) is 0 Å². The average molecular weight is 364 g/mol. The molecule has 1 amide bonds. The molecule has 0 aliphatic heterocycles. The summed E-state index contributed by atoms with van der Waals surface area (Å²) in [5, 5.41) is 5.24. The summed E-state index contributed by atoms with van der Waals surface area (Å²) >= 11 is 5.26. The van der Waals surface area contributed by atoms with Crippen LogP contribution in [0.3, 0.4) is 0 Å². The lowest BCUT2D eigenvalue weighted by Crippen LogP contribution is -2.24. The van der Waals surface area contributed by atoms with Crippen molar-refractivity contribution in [3.63, 3.8) is 0 Å². The van der Waals surface area contributed by atoms with E-state index >= 15 is 0 Å². The van der Waals surface area contributed by atoms with E-state index in [1.165, 1.54) is 16.0 Å². The van der Waals surface area contributed by atoms with Crippen molar-refractivity contribution in [2.24, 2.45) is 0 Å². The van der Waals surface area contributed by atoms with Crippen LogP contribution in [0.25, 0.3) is 0 Å². The minimum Gasteiger partial charge on any atom is -0.325 e. The Morgan fingerprint density at radius 1 is 1.43 bits per heavy atom. The summed E-state index contributed by atoms with van der Waals surface area (Å²) in [6, 6.07) is 8.15. The van der Waals surface area contributed by atoms with Gasteiger partial charge in [-0.05, 0) is 66.5 Å². The van der Waals surface area contributed by atoms with Crippen LogP contribution in [0, 0.1) is 0 Å². The number of aryl methyl sites for hydroxylation is 2. The van der Waals surface area contributed by atoms with Crippen LogP contribution in [0.2, 0.25) is 0 Å². The highest BCUT2D eigenvalue weighted by molar-refractivity contribution is 9.10. The number of nitrogens with one attached hydrogen (secondary N) is 1. The number of hydrogen-bond donors (Lipinski definition) is 1. The monoisotopic (exact) mass is 363 g/mol. The van der Waals surface area contributed by atoms with Crippen molar-refractivity contribution in [2.45, 2.75) is 38.5 Å². The molecule has 21 heavy (non-hydrogen) atoms. The normalized spacial score (nSPS) is 17.3. The summed E-state index contributed by atoms with van der Waals surface area (Å²) in [7, 11) is 0. The van der Waals surface area contributed by atoms with Crippen molar-refractivity contribution in [3.8, 4) is 0 Å². The van der Waals surface area contributed by atoms with Crippen LogP contribution in [0.15, 0.2) is 34.1 Å². The molecule has 2 nitrogen and oxygen atoms in total. The quantitative estimate of drug-likeness (QED) is 0.804. The fraction of sp³-hybridized carbons (Fsp3) is 0.353. The van der Waals surface area contributed by atoms with E-state index in [1.807, 2.05) is 12.1 Å². The molecule has 1 heterocycles. The molecule has 0 fully saturated rings. The van der Waals surface area contributed by atoms with Crippen LogP contribution in [0.1, 0.15) is 41.7 Å². The number of halogens is 1. The number of benzene rings is 1. The first-order valence-electron chi connectivity index (χ1n) is 7.34. The zero-order valence-corrected chi connectivity index (χ0v) is 14.4. The second kappa shape index (κ2) is 6.32. The summed E-state index contributed by atoms with van der Waals surface area (Å²) in [6.07, 6.45) is 4.08. The molecule has 0 saturated carbocycles. The molecule has 1 N–H and O–H groups in total. The Labute approximate surface area is 137 Å². The molecular formula is C17H18BrNOS. The molecule has 0 saturated heterocycles. The Kier molecular flexibility index (Phi) is 4.45. The predicted molar refractivity (Wildman–Crippen MR) is 92.1 cm³/mol. The summed E-state index contributed by atoms with van der Waals surface area (Å²) in [5.74, 6) is 0.139. The van der Waals surface area contributed by atoms with Gasteiger partial charge >= 0.3 is 0 Å². The van der Waals surface area contributed by atoms with Gasteiger partial charge in [0.2, 0.25) is 5.91 Å². The van der Waals surface area contributed by atoms with Crippen LogP contribution in [-0.4, -0.2) is 5.91 Å². The second-order valence-electron chi connectivity index (χ2n) is 5.39. The lowest BCUT2D eigenvalue weighted by Gasteiger charge is -2.22. The van der Waals surface area contributed by atoms with Gasteiger partial charge in [0.15, 0.2) is 0 Å². The lowest BCUT2D eigenvalue weighted by molar-refractivity contribution is -0.117. The average Bonchev–Trinajstić information content (AvgIpc) is 2.97. The molecule has 0 spiro atoms. The van der Waals surface area contributed by atoms with E-state index in [9.17, 15) is 4.79 Å². The van der Waals surface area contributed by atoms with Gasteiger partial charge in [0.1, 0.15) is 0 Å². The van der Waals surface area contributed by atoms with Gasteiger partial charge in [0.25, 0.3) is 0 Å². The van der Waals surface area contributed by atoms with E-state index in [0.717, 1.165) is 35.8 Å². The third-order valence-electron chi connectivity index (χ3n) is 4.07. The number of amides is 1. The highest BCUT2D eigenvalue weighted by Crippen LogP contribution is 2.36. The lowest BCUT2D eigenvalue weighted by atomic mass is 9.87. The van der Waals surface area contributed by atoms with Crippen LogP contribution in [-0.2, 0) is 17.6 Å². The Bertz CT molecular complexity index is 665. The zero-order chi connectivity index (χ0) is 14.8. The number of thiophene rings is 1. The number of hydrogen-bond acceptors (Lipinski definition) is 2. The molecular weight excluding hydrogens is 346 g/mol. The molecule has 1 aliphatic carbocycles. The number of carbonyl (C=O) groups is 1. The molecule has 1 aromatic carbocycles. The van der Waals surface area contributed by atoms with Gasteiger partial charge < -0.3 is 5.32 Å². The first-order valence-corrected chi connectivity index (χ1v) is 9.02. The number of fused-ring (bicyclic) bond motifs is 1. The van der Waals surface area contributed by atoms with E-state index in [4.69, 9.17) is 0 Å². The van der Waals surface area contributed by atoms with Crippen LogP contribution in [0.5, 0.6) is 0 Å². The summed E-state index contributed by atoms with van der Waals surface area (Å²) < 4.78 is 1.05. The third kappa shape index (κ3) is 3.06. The smallest absolute Gasteiger partial charge is 0.231 e.